The molecule has 1 fully saturated rings. The van der Waals surface area contributed by atoms with E-state index in [1.807, 2.05) is 27.7 Å². The number of rotatable bonds is 3. The minimum absolute atomic E-state index is 0.0716. The first-order valence-corrected chi connectivity index (χ1v) is 8.37. The van der Waals surface area contributed by atoms with Crippen molar-refractivity contribution in [3.63, 3.8) is 0 Å². The minimum atomic E-state index is -3.67. The van der Waals surface area contributed by atoms with Crippen LogP contribution in [0.4, 0.5) is 5.69 Å². The average Bonchev–Trinajstić information content (AvgIpc) is 2.57. The fourth-order valence-electron chi connectivity index (χ4n) is 1.78. The SMILES string of the molecule is CC1(C)OC(=CC=[NH+]c2ccc(S(N)(=O)=O)cc2)OC1(C)C. The number of primary sulfonamides is 1. The summed E-state index contributed by atoms with van der Waals surface area (Å²) in [5, 5.41) is 5.04. The fraction of sp³-hybridized carbons (Fsp3) is 0.400. The van der Waals surface area contributed by atoms with E-state index in [-0.39, 0.29) is 4.90 Å². The zero-order valence-electron chi connectivity index (χ0n) is 13.1. The molecule has 1 aliphatic rings. The average molecular weight is 325 g/mol. The predicted molar refractivity (Wildman–Crippen MR) is 82.9 cm³/mol. The van der Waals surface area contributed by atoms with Gasteiger partial charge >= 0.3 is 0 Å². The Morgan fingerprint density at radius 3 is 2.00 bits per heavy atom. The first kappa shape index (κ1) is 16.5. The van der Waals surface area contributed by atoms with Crippen molar-refractivity contribution in [2.45, 2.75) is 43.8 Å². The molecule has 0 spiro atoms. The molecule has 0 saturated carbocycles. The first-order chi connectivity index (χ1) is 10.0. The molecule has 1 aliphatic heterocycles. The van der Waals surface area contributed by atoms with Crippen molar-refractivity contribution in [2.24, 2.45) is 5.14 Å². The summed E-state index contributed by atoms with van der Waals surface area (Å²) >= 11 is 0. The van der Waals surface area contributed by atoms with Crippen LogP contribution in [0.2, 0.25) is 0 Å². The molecule has 120 valence electrons. The maximum Gasteiger partial charge on any atom is 0.286 e. The molecule has 0 atom stereocenters. The summed E-state index contributed by atoms with van der Waals surface area (Å²) in [7, 11) is -3.67. The third-order valence-electron chi connectivity index (χ3n) is 3.81. The topological polar surface area (TPSA) is 92.6 Å². The highest BCUT2D eigenvalue weighted by atomic mass is 32.2. The van der Waals surface area contributed by atoms with E-state index in [0.717, 1.165) is 5.69 Å². The lowest BCUT2D eigenvalue weighted by Gasteiger charge is -2.28. The zero-order valence-corrected chi connectivity index (χ0v) is 13.9. The molecule has 22 heavy (non-hydrogen) atoms. The van der Waals surface area contributed by atoms with Crippen LogP contribution in [0.3, 0.4) is 0 Å². The highest BCUT2D eigenvalue weighted by Crippen LogP contribution is 2.39. The predicted octanol–water partition coefficient (Wildman–Crippen LogP) is 0.562. The number of sulfonamides is 1. The summed E-state index contributed by atoms with van der Waals surface area (Å²) in [5.74, 6) is 0.434. The maximum absolute atomic E-state index is 11.2. The van der Waals surface area contributed by atoms with Crippen molar-refractivity contribution in [2.75, 3.05) is 0 Å². The molecule has 0 aromatic heterocycles. The Morgan fingerprint density at radius 1 is 1.05 bits per heavy atom. The Morgan fingerprint density at radius 2 is 1.55 bits per heavy atom. The van der Waals surface area contributed by atoms with Gasteiger partial charge in [-0.05, 0) is 39.8 Å². The Bertz CT molecular complexity index is 698. The second-order valence-corrected chi connectivity index (χ2v) is 7.65. The molecular formula is C15H21N2O4S+. The summed E-state index contributed by atoms with van der Waals surface area (Å²) in [4.78, 5) is 3.08. The molecule has 0 aliphatic carbocycles. The third-order valence-corrected chi connectivity index (χ3v) is 4.74. The molecule has 3 N–H and O–H groups in total. The largest absolute Gasteiger partial charge is 0.455 e. The standard InChI is InChI=1S/C15H20N2O4S/c1-14(2)15(3,4)21-13(20-14)9-10-17-11-5-7-12(8-6-11)22(16,18)19/h5-10H,1-4H3,(H2,16,18,19)/p+1. The van der Waals surface area contributed by atoms with Gasteiger partial charge in [-0.2, -0.15) is 0 Å². The van der Waals surface area contributed by atoms with E-state index in [1.165, 1.54) is 12.1 Å². The Balaban J connectivity index is 2.09. The van der Waals surface area contributed by atoms with E-state index >= 15 is 0 Å². The normalized spacial score (nSPS) is 19.8. The highest BCUT2D eigenvalue weighted by molar-refractivity contribution is 7.89. The van der Waals surface area contributed by atoms with Gasteiger partial charge in [-0.3, -0.25) is 0 Å². The van der Waals surface area contributed by atoms with Crippen LogP contribution < -0.4 is 10.1 Å². The van der Waals surface area contributed by atoms with Gasteiger partial charge in [0.15, 0.2) is 6.21 Å². The van der Waals surface area contributed by atoms with Crippen LogP contribution in [0.5, 0.6) is 0 Å². The van der Waals surface area contributed by atoms with E-state index < -0.39 is 21.2 Å². The number of hydrogen-bond acceptors (Lipinski definition) is 4. The van der Waals surface area contributed by atoms with E-state index in [0.29, 0.717) is 5.95 Å². The van der Waals surface area contributed by atoms with Gasteiger partial charge in [-0.25, -0.2) is 18.5 Å². The second kappa shape index (κ2) is 5.40. The van der Waals surface area contributed by atoms with Crippen molar-refractivity contribution in [1.29, 1.82) is 0 Å². The molecule has 1 heterocycles. The highest BCUT2D eigenvalue weighted by Gasteiger charge is 2.48. The first-order valence-electron chi connectivity index (χ1n) is 6.82. The molecule has 0 unspecified atom stereocenters. The van der Waals surface area contributed by atoms with Gasteiger partial charge in [0.1, 0.15) is 11.2 Å². The van der Waals surface area contributed by atoms with Gasteiger partial charge in [-0.1, -0.05) is 0 Å². The number of nitrogens with one attached hydrogen (secondary N) is 1. The molecular weight excluding hydrogens is 304 g/mol. The Kier molecular flexibility index (Phi) is 4.06. The van der Waals surface area contributed by atoms with Gasteiger partial charge in [0.2, 0.25) is 15.7 Å². The molecule has 1 aromatic carbocycles. The van der Waals surface area contributed by atoms with Crippen molar-refractivity contribution >= 4 is 21.9 Å². The van der Waals surface area contributed by atoms with Crippen molar-refractivity contribution < 1.29 is 22.9 Å². The van der Waals surface area contributed by atoms with Gasteiger partial charge in [0, 0.05) is 12.1 Å². The quantitative estimate of drug-likeness (QED) is 0.794. The smallest absolute Gasteiger partial charge is 0.286 e. The monoisotopic (exact) mass is 325 g/mol. The minimum Gasteiger partial charge on any atom is -0.455 e. The Hall–Kier alpha value is -1.86. The van der Waals surface area contributed by atoms with Crippen LogP contribution in [0, 0.1) is 0 Å². The van der Waals surface area contributed by atoms with Crippen LogP contribution in [-0.2, 0) is 19.5 Å². The zero-order chi connectivity index (χ0) is 16.6. The van der Waals surface area contributed by atoms with Crippen LogP contribution in [-0.4, -0.2) is 25.8 Å². The number of ether oxygens (including phenoxy) is 2. The summed E-state index contributed by atoms with van der Waals surface area (Å²) in [6.45, 7) is 7.86. The fourth-order valence-corrected chi connectivity index (χ4v) is 2.30. The molecule has 1 aromatic rings. The summed E-state index contributed by atoms with van der Waals surface area (Å²) in [5.41, 5.74) is -0.103. The number of allylic oxidation sites excluding steroid dienone is 1. The molecule has 0 radical (unpaired) electrons. The number of nitrogens with two attached hydrogens (primary N) is 1. The van der Waals surface area contributed by atoms with Crippen molar-refractivity contribution in [3.8, 4) is 0 Å². The third kappa shape index (κ3) is 3.48. The lowest BCUT2D eigenvalue weighted by atomic mass is 9.90. The van der Waals surface area contributed by atoms with Crippen LogP contribution in [0.1, 0.15) is 27.7 Å². The van der Waals surface area contributed by atoms with E-state index in [9.17, 15) is 8.42 Å². The molecule has 6 nitrogen and oxygen atoms in total. The van der Waals surface area contributed by atoms with Crippen molar-refractivity contribution in [3.05, 3.63) is 36.3 Å². The van der Waals surface area contributed by atoms with Gasteiger partial charge in [-0.15, -0.1) is 0 Å². The van der Waals surface area contributed by atoms with Gasteiger partial charge in [0.25, 0.3) is 5.95 Å². The van der Waals surface area contributed by atoms with Crippen LogP contribution >= 0.6 is 0 Å². The van der Waals surface area contributed by atoms with Gasteiger partial charge in [0.05, 0.1) is 11.0 Å². The number of benzene rings is 1. The van der Waals surface area contributed by atoms with Crippen LogP contribution in [0.15, 0.2) is 41.2 Å². The van der Waals surface area contributed by atoms with Crippen molar-refractivity contribution in [1.82, 2.24) is 0 Å². The summed E-state index contributed by atoms with van der Waals surface area (Å²) in [6, 6.07) is 6.12. The lowest BCUT2D eigenvalue weighted by molar-refractivity contribution is -0.346. The second-order valence-electron chi connectivity index (χ2n) is 6.09. The van der Waals surface area contributed by atoms with E-state index in [4.69, 9.17) is 14.6 Å². The van der Waals surface area contributed by atoms with E-state index in [1.54, 1.807) is 24.4 Å². The molecule has 1 saturated heterocycles. The summed E-state index contributed by atoms with van der Waals surface area (Å²) in [6.07, 6.45) is 3.35. The van der Waals surface area contributed by atoms with Gasteiger partial charge < -0.3 is 9.47 Å². The maximum atomic E-state index is 11.2. The number of hydrogen-bond donors (Lipinski definition) is 2. The van der Waals surface area contributed by atoms with Crippen LogP contribution in [0.25, 0.3) is 0 Å². The summed E-state index contributed by atoms with van der Waals surface area (Å²) < 4.78 is 33.8. The molecule has 0 amide bonds. The Labute approximate surface area is 130 Å². The van der Waals surface area contributed by atoms with E-state index in [2.05, 4.69) is 4.99 Å². The molecule has 7 heteroatoms. The molecule has 0 bridgehead atoms. The lowest BCUT2D eigenvalue weighted by Crippen LogP contribution is -2.61. The molecule has 2 rings (SSSR count).